The van der Waals surface area contributed by atoms with Crippen molar-refractivity contribution in [1.82, 2.24) is 15.3 Å². The zero-order valence-electron chi connectivity index (χ0n) is 11.8. The summed E-state index contributed by atoms with van der Waals surface area (Å²) in [5, 5.41) is 3.29. The van der Waals surface area contributed by atoms with Gasteiger partial charge in [0.15, 0.2) is 0 Å². The highest BCUT2D eigenvalue weighted by molar-refractivity contribution is 5.62. The third-order valence-electron chi connectivity index (χ3n) is 4.41. The molecule has 3 heteroatoms. The highest BCUT2D eigenvalue weighted by Gasteiger charge is 2.22. The van der Waals surface area contributed by atoms with Crippen LogP contribution in [0.2, 0.25) is 0 Å². The molecule has 2 aliphatic rings. The lowest BCUT2D eigenvalue weighted by molar-refractivity contribution is 0.429. The molecule has 102 valence electrons. The van der Waals surface area contributed by atoms with Crippen LogP contribution in [0.5, 0.6) is 0 Å². The molecule has 1 aliphatic heterocycles. The lowest BCUT2D eigenvalue weighted by atomic mass is 10.0. The monoisotopic (exact) mass is 265 g/mol. The number of aryl methyl sites for hydroxylation is 3. The van der Waals surface area contributed by atoms with Crippen molar-refractivity contribution in [3.05, 3.63) is 46.9 Å². The van der Waals surface area contributed by atoms with E-state index in [1.54, 1.807) is 0 Å². The smallest absolute Gasteiger partial charge is 0.134 e. The molecule has 1 aromatic carbocycles. The minimum Gasteiger partial charge on any atom is -0.315 e. The van der Waals surface area contributed by atoms with Crippen molar-refractivity contribution >= 4 is 0 Å². The Labute approximate surface area is 119 Å². The fraction of sp³-hybridized carbons (Fsp3) is 0.412. The van der Waals surface area contributed by atoms with Crippen molar-refractivity contribution in [2.75, 3.05) is 13.1 Å². The van der Waals surface area contributed by atoms with E-state index >= 15 is 0 Å². The van der Waals surface area contributed by atoms with E-state index in [1.165, 1.54) is 36.0 Å². The van der Waals surface area contributed by atoms with E-state index in [0.29, 0.717) is 5.92 Å². The Morgan fingerprint density at radius 3 is 2.70 bits per heavy atom. The summed E-state index contributed by atoms with van der Waals surface area (Å²) in [4.78, 5) is 9.40. The van der Waals surface area contributed by atoms with Crippen molar-refractivity contribution in [3.63, 3.8) is 0 Å². The van der Waals surface area contributed by atoms with E-state index in [-0.39, 0.29) is 0 Å². The molecule has 4 rings (SSSR count). The summed E-state index contributed by atoms with van der Waals surface area (Å²) in [6.07, 6.45) is 3.74. The van der Waals surface area contributed by atoms with Gasteiger partial charge in [0.2, 0.25) is 0 Å². The molecule has 0 atom stereocenters. The van der Waals surface area contributed by atoms with Gasteiger partial charge in [-0.1, -0.05) is 12.1 Å². The summed E-state index contributed by atoms with van der Waals surface area (Å²) in [5.74, 6) is 1.49. The van der Waals surface area contributed by atoms with E-state index in [4.69, 9.17) is 4.98 Å². The molecule has 0 spiro atoms. The minimum absolute atomic E-state index is 0.489. The van der Waals surface area contributed by atoms with Crippen molar-refractivity contribution in [3.8, 4) is 11.3 Å². The fourth-order valence-electron chi connectivity index (χ4n) is 3.12. The number of rotatable bonds is 2. The first-order chi connectivity index (χ1) is 9.79. The number of hydrogen-bond acceptors (Lipinski definition) is 3. The van der Waals surface area contributed by atoms with Gasteiger partial charge < -0.3 is 5.32 Å². The topological polar surface area (TPSA) is 37.8 Å². The Kier molecular flexibility index (Phi) is 2.81. The van der Waals surface area contributed by atoms with E-state index in [2.05, 4.69) is 41.5 Å². The van der Waals surface area contributed by atoms with Crippen molar-refractivity contribution < 1.29 is 0 Å². The molecule has 1 fully saturated rings. The molecular weight excluding hydrogens is 246 g/mol. The molecule has 1 N–H and O–H groups in total. The zero-order chi connectivity index (χ0) is 13.5. The Bertz CT molecular complexity index is 659. The predicted octanol–water partition coefficient (Wildman–Crippen LogP) is 2.63. The number of nitrogens with one attached hydrogen (secondary N) is 1. The number of aromatic nitrogens is 2. The summed E-state index contributed by atoms with van der Waals surface area (Å²) in [7, 11) is 0. The van der Waals surface area contributed by atoms with Gasteiger partial charge in [-0.15, -0.1) is 0 Å². The molecule has 0 radical (unpaired) electrons. The molecule has 1 saturated heterocycles. The quantitative estimate of drug-likeness (QED) is 0.907. The number of fused-ring (bicyclic) bond motifs is 1. The van der Waals surface area contributed by atoms with Crippen LogP contribution in [0.3, 0.4) is 0 Å². The van der Waals surface area contributed by atoms with Crippen molar-refractivity contribution in [1.29, 1.82) is 0 Å². The Morgan fingerprint density at radius 1 is 1.05 bits per heavy atom. The second-order valence-corrected chi connectivity index (χ2v) is 5.94. The summed E-state index contributed by atoms with van der Waals surface area (Å²) < 4.78 is 0. The zero-order valence-corrected chi connectivity index (χ0v) is 11.8. The molecule has 0 unspecified atom stereocenters. The average Bonchev–Trinajstić information content (AvgIpc) is 2.83. The van der Waals surface area contributed by atoms with Crippen molar-refractivity contribution in [2.45, 2.75) is 32.1 Å². The third-order valence-corrected chi connectivity index (χ3v) is 4.41. The average molecular weight is 265 g/mol. The van der Waals surface area contributed by atoms with Crippen LogP contribution >= 0.6 is 0 Å². The SMILES string of the molecule is Cc1cc(-c2ccc3c(c2)CCC3)nc(C2CNC2)n1. The standard InChI is InChI=1S/C17H19N3/c1-11-7-16(20-17(19-11)15-9-18-10-15)14-6-5-12-3-2-4-13(12)8-14/h5-8,15,18H,2-4,9-10H2,1H3. The van der Waals surface area contributed by atoms with Crippen LogP contribution in [-0.2, 0) is 12.8 Å². The number of hydrogen-bond donors (Lipinski definition) is 1. The van der Waals surface area contributed by atoms with Crippen LogP contribution in [0.15, 0.2) is 24.3 Å². The predicted molar refractivity (Wildman–Crippen MR) is 79.8 cm³/mol. The first kappa shape index (κ1) is 12.0. The summed E-state index contributed by atoms with van der Waals surface area (Å²) in [6.45, 7) is 4.08. The highest BCUT2D eigenvalue weighted by atomic mass is 15.0. The molecule has 1 aliphatic carbocycles. The number of benzene rings is 1. The lowest BCUT2D eigenvalue weighted by Gasteiger charge is -2.26. The van der Waals surface area contributed by atoms with Gasteiger partial charge in [0.05, 0.1) is 5.69 Å². The Hall–Kier alpha value is -1.74. The normalized spacial score (nSPS) is 17.9. The van der Waals surface area contributed by atoms with Crippen molar-refractivity contribution in [2.24, 2.45) is 0 Å². The lowest BCUT2D eigenvalue weighted by Crippen LogP contribution is -2.41. The summed E-state index contributed by atoms with van der Waals surface area (Å²) in [6, 6.07) is 8.92. The van der Waals surface area contributed by atoms with Crippen LogP contribution in [0.4, 0.5) is 0 Å². The largest absolute Gasteiger partial charge is 0.315 e. The maximum absolute atomic E-state index is 4.80. The third kappa shape index (κ3) is 2.02. The van der Waals surface area contributed by atoms with E-state index in [9.17, 15) is 0 Å². The van der Waals surface area contributed by atoms with Gasteiger partial charge in [0.25, 0.3) is 0 Å². The maximum atomic E-state index is 4.80. The molecule has 0 amide bonds. The van der Waals surface area contributed by atoms with Gasteiger partial charge in [0.1, 0.15) is 5.82 Å². The van der Waals surface area contributed by atoms with E-state index in [0.717, 1.165) is 30.3 Å². The molecule has 2 aromatic rings. The van der Waals surface area contributed by atoms with E-state index in [1.807, 2.05) is 0 Å². The van der Waals surface area contributed by atoms with Gasteiger partial charge in [0, 0.05) is 30.3 Å². The summed E-state index contributed by atoms with van der Waals surface area (Å²) >= 11 is 0. The molecule has 20 heavy (non-hydrogen) atoms. The highest BCUT2D eigenvalue weighted by Crippen LogP contribution is 2.28. The molecule has 1 aromatic heterocycles. The molecule has 0 bridgehead atoms. The first-order valence-electron chi connectivity index (χ1n) is 7.48. The number of nitrogens with zero attached hydrogens (tertiary/aromatic N) is 2. The second-order valence-electron chi connectivity index (χ2n) is 5.94. The van der Waals surface area contributed by atoms with Gasteiger partial charge in [-0.25, -0.2) is 9.97 Å². The van der Waals surface area contributed by atoms with Gasteiger partial charge in [-0.05, 0) is 49.4 Å². The Balaban J connectivity index is 1.75. The van der Waals surface area contributed by atoms with Crippen LogP contribution in [0, 0.1) is 6.92 Å². The Morgan fingerprint density at radius 2 is 1.90 bits per heavy atom. The van der Waals surface area contributed by atoms with Gasteiger partial charge in [-0.3, -0.25) is 0 Å². The summed E-state index contributed by atoms with van der Waals surface area (Å²) in [5.41, 5.74) is 6.41. The maximum Gasteiger partial charge on any atom is 0.134 e. The van der Waals surface area contributed by atoms with Gasteiger partial charge >= 0.3 is 0 Å². The van der Waals surface area contributed by atoms with Crippen LogP contribution in [0.25, 0.3) is 11.3 Å². The molecule has 2 heterocycles. The molecular formula is C17H19N3. The second kappa shape index (κ2) is 4.67. The fourth-order valence-corrected chi connectivity index (χ4v) is 3.12. The van der Waals surface area contributed by atoms with Crippen LogP contribution in [0.1, 0.15) is 35.0 Å². The van der Waals surface area contributed by atoms with E-state index < -0.39 is 0 Å². The van der Waals surface area contributed by atoms with Crippen LogP contribution < -0.4 is 5.32 Å². The minimum atomic E-state index is 0.489. The molecule has 0 saturated carbocycles. The van der Waals surface area contributed by atoms with Gasteiger partial charge in [-0.2, -0.15) is 0 Å². The molecule has 3 nitrogen and oxygen atoms in total. The first-order valence-corrected chi connectivity index (χ1v) is 7.48. The van der Waals surface area contributed by atoms with Crippen LogP contribution in [-0.4, -0.2) is 23.1 Å².